The van der Waals surface area contributed by atoms with Crippen LogP contribution in [-0.4, -0.2) is 36.9 Å². The van der Waals surface area contributed by atoms with Crippen molar-refractivity contribution in [1.29, 1.82) is 0 Å². The number of rotatable bonds is 9. The molecule has 9 heteroatoms. The maximum atomic E-state index is 13.6. The van der Waals surface area contributed by atoms with Gasteiger partial charge in [0.05, 0.1) is 0 Å². The maximum Gasteiger partial charge on any atom is 0.304 e. The lowest BCUT2D eigenvalue weighted by Crippen LogP contribution is -2.27. The highest BCUT2D eigenvalue weighted by Gasteiger charge is 2.33. The van der Waals surface area contributed by atoms with Gasteiger partial charge in [0.25, 0.3) is 12.7 Å². The molecule has 2 fully saturated rings. The molecule has 3 rings (SSSR count). The summed E-state index contributed by atoms with van der Waals surface area (Å²) < 4.78 is 87.3. The van der Waals surface area contributed by atoms with E-state index in [0.717, 1.165) is 75.6 Å². The van der Waals surface area contributed by atoms with Crippen LogP contribution in [0.3, 0.4) is 0 Å². The summed E-state index contributed by atoms with van der Waals surface area (Å²) in [5.74, 6) is -0.498. The van der Waals surface area contributed by atoms with E-state index in [1.165, 1.54) is 12.1 Å². The number of hydrogen-bond donors (Lipinski definition) is 0. The Labute approximate surface area is 180 Å². The van der Waals surface area contributed by atoms with Gasteiger partial charge < -0.3 is 9.47 Å². The zero-order valence-corrected chi connectivity index (χ0v) is 18.2. The molecule has 0 N–H and O–H groups in total. The molecule has 176 valence electrons. The van der Waals surface area contributed by atoms with Gasteiger partial charge in [0, 0.05) is 6.07 Å². The van der Waals surface area contributed by atoms with Crippen LogP contribution in [0, 0.1) is 0 Å². The van der Waals surface area contributed by atoms with Gasteiger partial charge in [-0.15, -0.1) is 0 Å². The molecule has 2 aliphatic rings. The molecule has 0 radical (unpaired) electrons. The molecule has 0 bridgehead atoms. The summed E-state index contributed by atoms with van der Waals surface area (Å²) in [4.78, 5) is 0. The molecule has 0 heterocycles. The predicted molar refractivity (Wildman–Crippen MR) is 110 cm³/mol. The van der Waals surface area contributed by atoms with E-state index in [4.69, 9.17) is 9.47 Å². The van der Waals surface area contributed by atoms with E-state index in [9.17, 15) is 26.3 Å². The highest BCUT2D eigenvalue weighted by Crippen LogP contribution is 2.55. The molecule has 0 spiro atoms. The van der Waals surface area contributed by atoms with Gasteiger partial charge >= 0.3 is 12.9 Å². The Balaban J connectivity index is 1.96. The van der Waals surface area contributed by atoms with Crippen LogP contribution in [0.2, 0.25) is 0 Å². The molecule has 0 saturated heterocycles. The molecule has 31 heavy (non-hydrogen) atoms. The average Bonchev–Trinajstić information content (AvgIpc) is 2.75. The Morgan fingerprint density at radius 3 is 1.35 bits per heavy atom. The molecule has 0 aliphatic heterocycles. The molecule has 2 saturated carbocycles. The number of benzene rings is 1. The fraction of sp³-hybridized carbons (Fsp3) is 0.727. The lowest BCUT2D eigenvalue weighted by Gasteiger charge is -2.39. The van der Waals surface area contributed by atoms with Crippen molar-refractivity contribution < 1.29 is 35.8 Å². The molecular formula is C22H29F6O2P. The second-order valence-electron chi connectivity index (χ2n) is 8.26. The third-order valence-corrected chi connectivity index (χ3v) is 9.45. The van der Waals surface area contributed by atoms with Gasteiger partial charge in [-0.2, -0.15) is 8.78 Å². The monoisotopic (exact) mass is 470 g/mol. The van der Waals surface area contributed by atoms with E-state index in [0.29, 0.717) is 11.3 Å². The van der Waals surface area contributed by atoms with Crippen molar-refractivity contribution >= 4 is 13.2 Å². The Bertz CT molecular complexity index is 628. The Kier molecular flexibility index (Phi) is 9.18. The molecule has 2 unspecified atom stereocenters. The maximum absolute atomic E-state index is 13.6. The van der Waals surface area contributed by atoms with E-state index in [-0.39, 0.29) is 11.5 Å². The lowest BCUT2D eigenvalue weighted by atomic mass is 9.99. The van der Waals surface area contributed by atoms with E-state index < -0.39 is 33.5 Å². The summed E-state index contributed by atoms with van der Waals surface area (Å²) in [5.41, 5.74) is 0.810. The summed E-state index contributed by atoms with van der Waals surface area (Å²) >= 11 is 0. The van der Waals surface area contributed by atoms with Crippen LogP contribution in [0.4, 0.5) is 26.3 Å². The van der Waals surface area contributed by atoms with Crippen molar-refractivity contribution in [2.45, 2.75) is 101 Å². The highest BCUT2D eigenvalue weighted by molar-refractivity contribution is 7.67. The van der Waals surface area contributed by atoms with Crippen molar-refractivity contribution in [3.63, 3.8) is 0 Å². The van der Waals surface area contributed by atoms with Crippen LogP contribution in [0.1, 0.15) is 64.2 Å². The predicted octanol–water partition coefficient (Wildman–Crippen LogP) is 7.34. The zero-order chi connectivity index (χ0) is 22.4. The van der Waals surface area contributed by atoms with Crippen LogP contribution in [0.5, 0.6) is 11.5 Å². The van der Waals surface area contributed by atoms with E-state index >= 15 is 0 Å². The van der Waals surface area contributed by atoms with Gasteiger partial charge in [-0.3, -0.25) is 0 Å². The molecule has 2 nitrogen and oxygen atoms in total. The largest absolute Gasteiger partial charge is 0.454 e. The van der Waals surface area contributed by atoms with Crippen molar-refractivity contribution in [3.05, 3.63) is 18.2 Å². The lowest BCUT2D eigenvalue weighted by molar-refractivity contribution is -0.0704. The zero-order valence-electron chi connectivity index (χ0n) is 17.3. The molecule has 2 aliphatic carbocycles. The molecule has 1 aromatic rings. The normalized spacial score (nSPS) is 20.9. The first-order chi connectivity index (χ1) is 14.8. The van der Waals surface area contributed by atoms with Gasteiger partial charge in [-0.1, -0.05) is 46.4 Å². The second kappa shape index (κ2) is 11.6. The first kappa shape index (κ1) is 24.5. The molecule has 2 atom stereocenters. The van der Waals surface area contributed by atoms with Gasteiger partial charge in [-0.05, 0) is 54.4 Å². The summed E-state index contributed by atoms with van der Waals surface area (Å²) in [5, 5.41) is 0.726. The fourth-order valence-corrected chi connectivity index (χ4v) is 8.48. The quantitative estimate of drug-likeness (QED) is 0.278. The van der Waals surface area contributed by atoms with Crippen molar-refractivity contribution in [3.8, 4) is 11.5 Å². The standard InChI is InChI=1S/C22H29F6O2P/c23-19(24)21(27)29-14-11-15(30-22(28)20(25)26)13-18(12-14)31(16-7-3-1-4-8-16)17-9-5-2-6-10-17/h11-13,16-17,19-22H,1-10H2. The molecule has 0 aromatic heterocycles. The summed E-state index contributed by atoms with van der Waals surface area (Å²) in [6.45, 7) is 0. The number of halogens is 6. The van der Waals surface area contributed by atoms with Gasteiger partial charge in [0.15, 0.2) is 0 Å². The van der Waals surface area contributed by atoms with E-state index in [1.807, 2.05) is 0 Å². The van der Waals surface area contributed by atoms with Gasteiger partial charge in [0.2, 0.25) is 0 Å². The molecule has 0 amide bonds. The first-order valence-corrected chi connectivity index (χ1v) is 12.4. The minimum Gasteiger partial charge on any atom is -0.454 e. The van der Waals surface area contributed by atoms with Crippen LogP contribution in [0.25, 0.3) is 0 Å². The van der Waals surface area contributed by atoms with Crippen LogP contribution in [-0.2, 0) is 0 Å². The Hall–Kier alpha value is -1.17. The third-order valence-electron chi connectivity index (χ3n) is 5.99. The fourth-order valence-electron chi connectivity index (χ4n) is 4.64. The average molecular weight is 470 g/mol. The van der Waals surface area contributed by atoms with Gasteiger partial charge in [-0.25, -0.2) is 17.6 Å². The Morgan fingerprint density at radius 2 is 1.00 bits per heavy atom. The molecular weight excluding hydrogens is 441 g/mol. The van der Waals surface area contributed by atoms with Crippen LogP contribution < -0.4 is 14.8 Å². The van der Waals surface area contributed by atoms with Crippen LogP contribution in [0.15, 0.2) is 18.2 Å². The smallest absolute Gasteiger partial charge is 0.304 e. The van der Waals surface area contributed by atoms with Gasteiger partial charge in [0.1, 0.15) is 11.5 Å². The SMILES string of the molecule is FC(F)C(F)Oc1cc(OC(F)C(F)F)cc(P(C2CCCCC2)C2CCCCC2)c1. The molecule has 1 aromatic carbocycles. The highest BCUT2D eigenvalue weighted by atomic mass is 31.1. The number of hydrogen-bond acceptors (Lipinski definition) is 2. The first-order valence-electron chi connectivity index (χ1n) is 11.0. The summed E-state index contributed by atoms with van der Waals surface area (Å²) in [6, 6.07) is 4.04. The van der Waals surface area contributed by atoms with Crippen molar-refractivity contribution in [2.24, 2.45) is 0 Å². The van der Waals surface area contributed by atoms with E-state index in [2.05, 4.69) is 0 Å². The minimum absolute atomic E-state index is 0.249. The minimum atomic E-state index is -3.36. The number of ether oxygens (including phenoxy) is 2. The summed E-state index contributed by atoms with van der Waals surface area (Å²) in [7, 11) is -0.785. The van der Waals surface area contributed by atoms with Crippen LogP contribution >= 0.6 is 7.92 Å². The third kappa shape index (κ3) is 6.90. The van der Waals surface area contributed by atoms with E-state index in [1.54, 1.807) is 0 Å². The number of alkyl halides is 6. The second-order valence-corrected chi connectivity index (χ2v) is 11.1. The summed E-state index contributed by atoms with van der Waals surface area (Å²) in [6.07, 6.45) is -1.56. The topological polar surface area (TPSA) is 18.5 Å². The Morgan fingerprint density at radius 1 is 0.613 bits per heavy atom. The van der Waals surface area contributed by atoms with Crippen molar-refractivity contribution in [1.82, 2.24) is 0 Å². The van der Waals surface area contributed by atoms with Crippen molar-refractivity contribution in [2.75, 3.05) is 0 Å².